The van der Waals surface area contributed by atoms with Crippen molar-refractivity contribution < 1.29 is 4.74 Å². The van der Waals surface area contributed by atoms with E-state index in [0.717, 1.165) is 34.9 Å². The third-order valence-corrected chi connectivity index (χ3v) is 5.59. The molecule has 0 unspecified atom stereocenters. The molecule has 25 heavy (non-hydrogen) atoms. The first-order chi connectivity index (χ1) is 12.0. The van der Waals surface area contributed by atoms with Crippen LogP contribution in [0.3, 0.4) is 0 Å². The Bertz CT molecular complexity index is 901. The van der Waals surface area contributed by atoms with Crippen LogP contribution in [0.2, 0.25) is 25.7 Å². The summed E-state index contributed by atoms with van der Waals surface area (Å²) in [6.07, 6.45) is 3.55. The third-order valence-electron chi connectivity index (χ3n) is 3.88. The molecule has 0 atom stereocenters. The van der Waals surface area contributed by atoms with Gasteiger partial charge in [0.15, 0.2) is 0 Å². The van der Waals surface area contributed by atoms with E-state index in [4.69, 9.17) is 4.74 Å². The lowest BCUT2D eigenvalue weighted by atomic mass is 10.2. The van der Waals surface area contributed by atoms with Crippen molar-refractivity contribution >= 4 is 19.1 Å². The topological polar surface area (TPSA) is 39.9 Å². The molecule has 3 rings (SSSR count). The summed E-state index contributed by atoms with van der Waals surface area (Å²) in [7, 11) is -1.06. The highest BCUT2D eigenvalue weighted by Crippen LogP contribution is 2.16. The summed E-state index contributed by atoms with van der Waals surface area (Å²) in [4.78, 5) is 8.73. The first kappa shape index (κ1) is 17.4. The molecule has 0 spiro atoms. The molecule has 0 fully saturated rings. The van der Waals surface area contributed by atoms with Crippen molar-refractivity contribution in [1.82, 2.24) is 14.5 Å². The molecular formula is C20H23N3OSi. The van der Waals surface area contributed by atoms with Crippen LogP contribution < -0.4 is 0 Å². The molecule has 0 aliphatic rings. The van der Waals surface area contributed by atoms with Gasteiger partial charge in [-0.2, -0.15) is 0 Å². The fraction of sp³-hybridized carbons (Fsp3) is 0.300. The number of rotatable bonds is 5. The van der Waals surface area contributed by atoms with Gasteiger partial charge in [0.2, 0.25) is 0 Å². The van der Waals surface area contributed by atoms with E-state index in [1.165, 1.54) is 0 Å². The first-order valence-corrected chi connectivity index (χ1v) is 12.2. The quantitative estimate of drug-likeness (QED) is 0.395. The first-order valence-electron chi connectivity index (χ1n) is 8.48. The molecule has 0 radical (unpaired) electrons. The van der Waals surface area contributed by atoms with E-state index in [-0.39, 0.29) is 0 Å². The third kappa shape index (κ3) is 4.78. The van der Waals surface area contributed by atoms with Gasteiger partial charge in [-0.25, -0.2) is 9.97 Å². The summed E-state index contributed by atoms with van der Waals surface area (Å²) >= 11 is 0. The standard InChI is InChI=1S/C20H23N3OSi/c1-25(2,3)14-13-24-16-23-12-11-18-19(21-15-22-20(18)23)10-9-17-7-5-4-6-8-17/h4-8,11-12,15H,13-14,16H2,1-3H3. The van der Waals surface area contributed by atoms with Gasteiger partial charge in [0.05, 0.1) is 5.39 Å². The Morgan fingerprint density at radius 3 is 2.60 bits per heavy atom. The lowest BCUT2D eigenvalue weighted by Gasteiger charge is -2.15. The van der Waals surface area contributed by atoms with Crippen molar-refractivity contribution in [2.75, 3.05) is 6.61 Å². The highest BCUT2D eigenvalue weighted by molar-refractivity contribution is 6.76. The average molecular weight is 350 g/mol. The smallest absolute Gasteiger partial charge is 0.146 e. The highest BCUT2D eigenvalue weighted by Gasteiger charge is 2.12. The number of ether oxygens (including phenoxy) is 1. The summed E-state index contributed by atoms with van der Waals surface area (Å²) in [5.74, 6) is 6.31. The second-order valence-corrected chi connectivity index (χ2v) is 12.8. The molecule has 0 N–H and O–H groups in total. The van der Waals surface area contributed by atoms with Gasteiger partial charge in [-0.15, -0.1) is 0 Å². The molecule has 128 valence electrons. The second-order valence-electron chi connectivity index (χ2n) is 7.21. The highest BCUT2D eigenvalue weighted by atomic mass is 28.3. The molecule has 0 aliphatic heterocycles. The molecule has 0 amide bonds. The van der Waals surface area contributed by atoms with E-state index in [9.17, 15) is 0 Å². The maximum Gasteiger partial charge on any atom is 0.146 e. The lowest BCUT2D eigenvalue weighted by molar-refractivity contribution is 0.0899. The number of hydrogen-bond donors (Lipinski definition) is 0. The SMILES string of the molecule is C[Si](C)(C)CCOCn1ccc2c(C#Cc3ccccc3)ncnc21. The van der Waals surface area contributed by atoms with Gasteiger partial charge in [0, 0.05) is 26.4 Å². The largest absolute Gasteiger partial charge is 0.361 e. The van der Waals surface area contributed by atoms with E-state index in [2.05, 4.69) is 41.4 Å². The summed E-state index contributed by atoms with van der Waals surface area (Å²) in [5, 5.41) is 0.958. The Kier molecular flexibility index (Phi) is 5.32. The van der Waals surface area contributed by atoms with Crippen LogP contribution in [-0.2, 0) is 11.5 Å². The van der Waals surface area contributed by atoms with Crippen LogP contribution >= 0.6 is 0 Å². The molecule has 0 aliphatic carbocycles. The van der Waals surface area contributed by atoms with E-state index in [1.807, 2.05) is 47.2 Å². The molecule has 5 heteroatoms. The molecule has 4 nitrogen and oxygen atoms in total. The number of aromatic nitrogens is 3. The minimum absolute atomic E-state index is 0.510. The molecule has 3 aromatic rings. The van der Waals surface area contributed by atoms with Gasteiger partial charge in [0.25, 0.3) is 0 Å². The maximum atomic E-state index is 5.83. The van der Waals surface area contributed by atoms with Crippen molar-refractivity contribution in [2.24, 2.45) is 0 Å². The monoisotopic (exact) mass is 349 g/mol. The predicted octanol–water partition coefficient (Wildman–Crippen LogP) is 4.14. The van der Waals surface area contributed by atoms with E-state index >= 15 is 0 Å². The normalized spacial score (nSPS) is 11.3. The van der Waals surface area contributed by atoms with E-state index < -0.39 is 8.07 Å². The molecule has 2 heterocycles. The van der Waals surface area contributed by atoms with Gasteiger partial charge in [-0.1, -0.05) is 43.8 Å². The number of fused-ring (bicyclic) bond motifs is 1. The van der Waals surface area contributed by atoms with Crippen molar-refractivity contribution in [3.8, 4) is 11.8 Å². The Hall–Kier alpha value is -2.42. The van der Waals surface area contributed by atoms with Crippen LogP contribution in [0.25, 0.3) is 11.0 Å². The molecule has 0 saturated carbocycles. The zero-order valence-electron chi connectivity index (χ0n) is 15.0. The number of hydrogen-bond acceptors (Lipinski definition) is 3. The Morgan fingerprint density at radius 2 is 1.84 bits per heavy atom. The maximum absolute atomic E-state index is 5.83. The van der Waals surface area contributed by atoms with Crippen molar-refractivity contribution in [1.29, 1.82) is 0 Å². The fourth-order valence-electron chi connectivity index (χ4n) is 2.40. The van der Waals surface area contributed by atoms with Crippen LogP contribution in [-0.4, -0.2) is 29.2 Å². The zero-order chi connectivity index (χ0) is 17.7. The van der Waals surface area contributed by atoms with E-state index in [1.54, 1.807) is 6.33 Å². The van der Waals surface area contributed by atoms with Gasteiger partial charge < -0.3 is 9.30 Å². The predicted molar refractivity (Wildman–Crippen MR) is 104 cm³/mol. The summed E-state index contributed by atoms with van der Waals surface area (Å²) < 4.78 is 7.84. The number of nitrogens with zero attached hydrogens (tertiary/aromatic N) is 3. The molecule has 0 bridgehead atoms. The van der Waals surface area contributed by atoms with Crippen LogP contribution in [0.15, 0.2) is 48.9 Å². The van der Waals surface area contributed by atoms with Gasteiger partial charge in [0.1, 0.15) is 24.4 Å². The Labute approximate surface area is 149 Å². The second kappa shape index (κ2) is 7.64. The van der Waals surface area contributed by atoms with Gasteiger partial charge in [-0.05, 0) is 30.2 Å². The summed E-state index contributed by atoms with van der Waals surface area (Å²) in [6, 6.07) is 13.1. The van der Waals surface area contributed by atoms with Crippen LogP contribution in [0.5, 0.6) is 0 Å². The van der Waals surface area contributed by atoms with Crippen molar-refractivity contribution in [2.45, 2.75) is 32.4 Å². The Morgan fingerprint density at radius 1 is 1.04 bits per heavy atom. The van der Waals surface area contributed by atoms with Crippen LogP contribution in [0.4, 0.5) is 0 Å². The van der Waals surface area contributed by atoms with Crippen LogP contribution in [0.1, 0.15) is 11.3 Å². The molecular weight excluding hydrogens is 326 g/mol. The molecule has 0 saturated heterocycles. The lowest BCUT2D eigenvalue weighted by Crippen LogP contribution is -2.22. The van der Waals surface area contributed by atoms with Crippen LogP contribution in [0, 0.1) is 11.8 Å². The molecule has 1 aromatic carbocycles. The Balaban J connectivity index is 1.75. The van der Waals surface area contributed by atoms with Gasteiger partial charge >= 0.3 is 0 Å². The summed E-state index contributed by atoms with van der Waals surface area (Å²) in [5.41, 5.74) is 2.58. The fourth-order valence-corrected chi connectivity index (χ4v) is 3.16. The number of benzene rings is 1. The summed E-state index contributed by atoms with van der Waals surface area (Å²) in [6.45, 7) is 8.36. The van der Waals surface area contributed by atoms with Crippen molar-refractivity contribution in [3.05, 3.63) is 60.2 Å². The zero-order valence-corrected chi connectivity index (χ0v) is 16.0. The minimum atomic E-state index is -1.06. The average Bonchev–Trinajstić information content (AvgIpc) is 3.01. The minimum Gasteiger partial charge on any atom is -0.361 e. The van der Waals surface area contributed by atoms with E-state index in [0.29, 0.717) is 6.73 Å². The van der Waals surface area contributed by atoms with Crippen molar-refractivity contribution in [3.63, 3.8) is 0 Å². The van der Waals surface area contributed by atoms with Gasteiger partial charge in [-0.3, -0.25) is 0 Å². The molecule has 2 aromatic heterocycles.